The molecule has 0 bridgehead atoms. The molecule has 3 aromatic rings. The largest absolute Gasteiger partial charge is 0.407 e. The molecule has 0 fully saturated rings. The standard InChI is InChI=1S/C31H42OSi2/c1-7-18-27(33(5,6)28-19-11-8-12-20-28)25-17-26-32-34(31(2,3)4,29-21-13-9-14-22-29)30-23-15-10-16-24-30/h7-16,18-24,27H,17,25-26H2,1-6H3/b18-7+. The van der Waals surface area contributed by atoms with E-state index in [2.05, 4.69) is 144 Å². The highest BCUT2D eigenvalue weighted by Crippen LogP contribution is 2.37. The van der Waals surface area contributed by atoms with E-state index in [4.69, 9.17) is 4.43 Å². The van der Waals surface area contributed by atoms with Crippen molar-refractivity contribution in [3.63, 3.8) is 0 Å². The molecule has 3 aromatic carbocycles. The second-order valence-corrected chi connectivity index (χ2v) is 19.9. The molecule has 0 saturated heterocycles. The van der Waals surface area contributed by atoms with Crippen molar-refractivity contribution in [1.82, 2.24) is 0 Å². The topological polar surface area (TPSA) is 9.23 Å². The van der Waals surface area contributed by atoms with Gasteiger partial charge < -0.3 is 4.43 Å². The number of hydrogen-bond donors (Lipinski definition) is 0. The van der Waals surface area contributed by atoms with Crippen LogP contribution in [0.3, 0.4) is 0 Å². The number of benzene rings is 3. The first-order valence-electron chi connectivity index (χ1n) is 12.7. The lowest BCUT2D eigenvalue weighted by molar-refractivity contribution is 0.288. The van der Waals surface area contributed by atoms with E-state index in [0.717, 1.165) is 19.4 Å². The molecule has 3 rings (SSSR count). The van der Waals surface area contributed by atoms with Crippen molar-refractivity contribution < 1.29 is 4.43 Å². The predicted octanol–water partition coefficient (Wildman–Crippen LogP) is 6.91. The van der Waals surface area contributed by atoms with E-state index >= 15 is 0 Å². The lowest BCUT2D eigenvalue weighted by Gasteiger charge is -2.43. The van der Waals surface area contributed by atoms with Crippen LogP contribution in [-0.2, 0) is 4.43 Å². The van der Waals surface area contributed by atoms with Crippen molar-refractivity contribution in [3.8, 4) is 0 Å². The molecule has 0 heterocycles. The van der Waals surface area contributed by atoms with Crippen LogP contribution in [0.5, 0.6) is 0 Å². The van der Waals surface area contributed by atoms with Gasteiger partial charge in [0.1, 0.15) is 0 Å². The molecule has 1 unspecified atom stereocenters. The molecule has 0 saturated carbocycles. The van der Waals surface area contributed by atoms with Gasteiger partial charge in [0.25, 0.3) is 8.32 Å². The monoisotopic (exact) mass is 486 g/mol. The van der Waals surface area contributed by atoms with Gasteiger partial charge in [-0.05, 0) is 40.7 Å². The third-order valence-electron chi connectivity index (χ3n) is 7.26. The fraction of sp³-hybridized carbons (Fsp3) is 0.355. The van der Waals surface area contributed by atoms with Crippen LogP contribution in [0.25, 0.3) is 0 Å². The van der Waals surface area contributed by atoms with Crippen LogP contribution in [0.4, 0.5) is 0 Å². The zero-order chi connectivity index (χ0) is 24.7. The summed E-state index contributed by atoms with van der Waals surface area (Å²) in [4.78, 5) is 0. The summed E-state index contributed by atoms with van der Waals surface area (Å²) in [6.45, 7) is 15.0. The normalized spacial score (nSPS) is 13.8. The van der Waals surface area contributed by atoms with Crippen LogP contribution in [0.1, 0.15) is 40.5 Å². The summed E-state index contributed by atoms with van der Waals surface area (Å²) in [5.74, 6) is 0. The van der Waals surface area contributed by atoms with Gasteiger partial charge in [0.15, 0.2) is 0 Å². The van der Waals surface area contributed by atoms with Gasteiger partial charge in [-0.1, -0.05) is 142 Å². The maximum atomic E-state index is 7.14. The molecule has 0 aromatic heterocycles. The van der Waals surface area contributed by atoms with E-state index in [1.54, 1.807) is 0 Å². The lowest BCUT2D eigenvalue weighted by Crippen LogP contribution is -2.66. The zero-order valence-electron chi connectivity index (χ0n) is 21.9. The van der Waals surface area contributed by atoms with Gasteiger partial charge in [0.2, 0.25) is 0 Å². The van der Waals surface area contributed by atoms with Crippen LogP contribution in [0, 0.1) is 0 Å². The highest BCUT2D eigenvalue weighted by molar-refractivity contribution is 6.99. The molecule has 0 spiro atoms. The zero-order valence-corrected chi connectivity index (χ0v) is 23.9. The van der Waals surface area contributed by atoms with E-state index in [1.165, 1.54) is 15.6 Å². The molecule has 1 atom stereocenters. The molecule has 0 amide bonds. The van der Waals surface area contributed by atoms with Gasteiger partial charge in [-0.2, -0.15) is 0 Å². The third kappa shape index (κ3) is 5.71. The summed E-state index contributed by atoms with van der Waals surface area (Å²) in [6, 6.07) is 33.1. The summed E-state index contributed by atoms with van der Waals surface area (Å²) < 4.78 is 7.14. The highest BCUT2D eigenvalue weighted by atomic mass is 28.4. The highest BCUT2D eigenvalue weighted by Gasteiger charge is 2.50. The molecule has 180 valence electrons. The molecule has 0 N–H and O–H groups in total. The predicted molar refractivity (Wildman–Crippen MR) is 155 cm³/mol. The third-order valence-corrected chi connectivity index (χ3v) is 16.5. The second kappa shape index (κ2) is 11.5. The SMILES string of the molecule is C/C=C/C(CCCO[Si](c1ccccc1)(c1ccccc1)C(C)(C)C)[Si](C)(C)c1ccccc1. The Kier molecular flexibility index (Phi) is 8.91. The summed E-state index contributed by atoms with van der Waals surface area (Å²) in [6.07, 6.45) is 6.92. The van der Waals surface area contributed by atoms with Crippen LogP contribution in [-0.4, -0.2) is 23.0 Å². The van der Waals surface area contributed by atoms with Crippen molar-refractivity contribution >= 4 is 32.0 Å². The number of rotatable bonds is 10. The smallest absolute Gasteiger partial charge is 0.261 e. The first kappa shape index (κ1) is 26.4. The molecule has 0 aliphatic heterocycles. The minimum absolute atomic E-state index is 0.0243. The Labute approximate surface area is 210 Å². The quantitative estimate of drug-likeness (QED) is 0.172. The van der Waals surface area contributed by atoms with Gasteiger partial charge in [-0.25, -0.2) is 0 Å². The van der Waals surface area contributed by atoms with E-state index < -0.39 is 16.4 Å². The van der Waals surface area contributed by atoms with E-state index in [1.807, 2.05) is 0 Å². The van der Waals surface area contributed by atoms with Gasteiger partial charge in [0.05, 0.1) is 8.07 Å². The first-order chi connectivity index (χ1) is 16.2. The Morgan fingerprint density at radius 2 is 1.18 bits per heavy atom. The molecule has 1 nitrogen and oxygen atoms in total. The molecular formula is C31H42OSi2. The molecule has 34 heavy (non-hydrogen) atoms. The van der Waals surface area contributed by atoms with Crippen molar-refractivity contribution in [3.05, 3.63) is 103 Å². The Balaban J connectivity index is 1.85. The fourth-order valence-corrected chi connectivity index (χ4v) is 13.0. The Morgan fingerprint density at radius 1 is 0.735 bits per heavy atom. The van der Waals surface area contributed by atoms with Crippen molar-refractivity contribution in [2.45, 2.75) is 64.2 Å². The Hall–Kier alpha value is -2.21. The maximum Gasteiger partial charge on any atom is 0.261 e. The van der Waals surface area contributed by atoms with Gasteiger partial charge >= 0.3 is 0 Å². The molecular weight excluding hydrogens is 445 g/mol. The molecule has 0 aliphatic rings. The van der Waals surface area contributed by atoms with E-state index in [9.17, 15) is 0 Å². The van der Waals surface area contributed by atoms with Gasteiger partial charge in [-0.3, -0.25) is 0 Å². The van der Waals surface area contributed by atoms with Crippen LogP contribution in [0.2, 0.25) is 23.7 Å². The van der Waals surface area contributed by atoms with Crippen LogP contribution in [0.15, 0.2) is 103 Å². The molecule has 0 aliphatic carbocycles. The Bertz CT molecular complexity index is 982. The average Bonchev–Trinajstić information content (AvgIpc) is 2.84. The van der Waals surface area contributed by atoms with Crippen molar-refractivity contribution in [2.24, 2.45) is 0 Å². The van der Waals surface area contributed by atoms with Gasteiger partial charge in [-0.15, -0.1) is 0 Å². The van der Waals surface area contributed by atoms with E-state index in [-0.39, 0.29) is 5.04 Å². The number of allylic oxidation sites excluding steroid dienone is 2. The summed E-state index contributed by atoms with van der Waals surface area (Å²) in [5.41, 5.74) is 0.600. The van der Waals surface area contributed by atoms with Crippen molar-refractivity contribution in [2.75, 3.05) is 6.61 Å². The minimum atomic E-state index is -2.46. The molecule has 0 radical (unpaired) electrons. The lowest BCUT2D eigenvalue weighted by atomic mass is 10.2. The van der Waals surface area contributed by atoms with E-state index in [0.29, 0.717) is 5.54 Å². The Morgan fingerprint density at radius 3 is 1.59 bits per heavy atom. The number of hydrogen-bond acceptors (Lipinski definition) is 1. The summed E-state index contributed by atoms with van der Waals surface area (Å²) in [5, 5.41) is 4.28. The maximum absolute atomic E-state index is 7.14. The average molecular weight is 487 g/mol. The van der Waals surface area contributed by atoms with Gasteiger partial charge in [0, 0.05) is 6.61 Å². The fourth-order valence-electron chi connectivity index (χ4n) is 5.30. The van der Waals surface area contributed by atoms with Crippen molar-refractivity contribution in [1.29, 1.82) is 0 Å². The van der Waals surface area contributed by atoms with Crippen LogP contribution >= 0.6 is 0 Å². The minimum Gasteiger partial charge on any atom is -0.407 e. The van der Waals surface area contributed by atoms with Crippen LogP contribution < -0.4 is 15.6 Å². The first-order valence-corrected chi connectivity index (χ1v) is 17.7. The summed E-state index contributed by atoms with van der Waals surface area (Å²) >= 11 is 0. The second-order valence-electron chi connectivity index (χ2n) is 10.9. The molecule has 3 heteroatoms. The summed E-state index contributed by atoms with van der Waals surface area (Å²) in [7, 11) is -4.08.